The average molecular weight is 718 g/mol. The average Bonchev–Trinajstić information content (AvgIpc) is 3.35. The number of anilines is 2. The first kappa shape index (κ1) is 38.4. The number of aliphatic imine (C=N–C) groups is 3. The van der Waals surface area contributed by atoms with Crippen LogP contribution in [0.4, 0.5) is 11.4 Å². The van der Waals surface area contributed by atoms with E-state index in [2.05, 4.69) is 22.9 Å². The number of nitrogens with zero attached hydrogens (tertiary/aromatic N) is 4. The van der Waals surface area contributed by atoms with Crippen molar-refractivity contribution < 1.29 is 24.2 Å². The number of hydrogen-bond donors (Lipinski definition) is 4. The molecule has 12 heteroatoms. The molecule has 5 rings (SSSR count). The van der Waals surface area contributed by atoms with Crippen LogP contribution in [0.25, 0.3) is 0 Å². The molecule has 12 nitrogen and oxygen atoms in total. The Balaban J connectivity index is 1.15. The summed E-state index contributed by atoms with van der Waals surface area (Å²) in [6, 6.07) is 33.0. The number of carbonyl (C=O) groups excluding carboxylic acids is 2. The van der Waals surface area contributed by atoms with Gasteiger partial charge in [0, 0.05) is 55.0 Å². The second-order valence-corrected chi connectivity index (χ2v) is 12.4. The number of benzene rings is 4. The minimum absolute atomic E-state index is 0.00775. The van der Waals surface area contributed by atoms with Crippen molar-refractivity contribution in [1.29, 1.82) is 0 Å². The fraction of sp³-hybridized carbons (Fsp3) is 0.293. The maximum Gasteiger partial charge on any atom is 0.253 e. The van der Waals surface area contributed by atoms with E-state index in [0.717, 1.165) is 23.5 Å². The summed E-state index contributed by atoms with van der Waals surface area (Å²) in [5, 5.41) is 19.3. The maximum atomic E-state index is 13.1. The Morgan fingerprint density at radius 2 is 1.43 bits per heavy atom. The predicted octanol–water partition coefficient (Wildman–Crippen LogP) is 6.23. The second kappa shape index (κ2) is 20.3. The summed E-state index contributed by atoms with van der Waals surface area (Å²) >= 11 is 0. The number of rotatable bonds is 16. The Kier molecular flexibility index (Phi) is 14.7. The van der Waals surface area contributed by atoms with E-state index in [0.29, 0.717) is 81.1 Å². The van der Waals surface area contributed by atoms with Crippen molar-refractivity contribution in [1.82, 2.24) is 10.2 Å². The molecule has 2 amide bonds. The molecule has 0 aliphatic carbocycles. The Morgan fingerprint density at radius 1 is 0.792 bits per heavy atom. The van der Waals surface area contributed by atoms with Crippen molar-refractivity contribution >= 4 is 40.8 Å². The van der Waals surface area contributed by atoms with Crippen LogP contribution in [0, 0.1) is 5.92 Å². The van der Waals surface area contributed by atoms with E-state index in [1.54, 1.807) is 48.3 Å². The van der Waals surface area contributed by atoms with Crippen molar-refractivity contribution in [2.45, 2.75) is 26.3 Å². The summed E-state index contributed by atoms with van der Waals surface area (Å²) in [4.78, 5) is 41.4. The maximum absolute atomic E-state index is 13.1. The number of amidine groups is 2. The van der Waals surface area contributed by atoms with Gasteiger partial charge in [0.15, 0.2) is 0 Å². The number of carbonyl (C=O) groups is 2. The highest BCUT2D eigenvalue weighted by Crippen LogP contribution is 2.21. The van der Waals surface area contributed by atoms with Crippen LogP contribution in [0.2, 0.25) is 0 Å². The number of ether oxygens (including phenoxy) is 2. The zero-order chi connectivity index (χ0) is 37.3. The lowest BCUT2D eigenvalue weighted by atomic mass is 10.00. The van der Waals surface area contributed by atoms with Crippen molar-refractivity contribution in [2.75, 3.05) is 57.2 Å². The lowest BCUT2D eigenvalue weighted by molar-refractivity contribution is 0.0512. The number of amides is 2. The quantitative estimate of drug-likeness (QED) is 0.0793. The van der Waals surface area contributed by atoms with Gasteiger partial charge in [-0.2, -0.15) is 9.98 Å². The first-order valence-corrected chi connectivity index (χ1v) is 17.8. The molecule has 1 aliphatic heterocycles. The summed E-state index contributed by atoms with van der Waals surface area (Å²) < 4.78 is 11.3. The third kappa shape index (κ3) is 12.4. The van der Waals surface area contributed by atoms with E-state index in [1.165, 1.54) is 0 Å². The summed E-state index contributed by atoms with van der Waals surface area (Å²) in [5.74, 6) is 1.67. The highest BCUT2D eigenvalue weighted by atomic mass is 16.5. The lowest BCUT2D eigenvalue weighted by Crippen LogP contribution is -2.27. The summed E-state index contributed by atoms with van der Waals surface area (Å²) in [6.07, 6.45) is 1.34. The van der Waals surface area contributed by atoms with Crippen LogP contribution in [0.5, 0.6) is 5.75 Å². The molecule has 4 aromatic rings. The van der Waals surface area contributed by atoms with Crippen LogP contribution < -0.4 is 16.0 Å². The lowest BCUT2D eigenvalue weighted by Gasteiger charge is -2.19. The van der Waals surface area contributed by atoms with Gasteiger partial charge in [0.2, 0.25) is 5.96 Å². The molecule has 276 valence electrons. The van der Waals surface area contributed by atoms with Crippen LogP contribution in [0.1, 0.15) is 46.0 Å². The summed E-state index contributed by atoms with van der Waals surface area (Å²) in [7, 11) is 1.80. The number of phenolic OH excluding ortho intramolecular Hbond substituents is 1. The fourth-order valence-corrected chi connectivity index (χ4v) is 5.50. The van der Waals surface area contributed by atoms with Gasteiger partial charge < -0.3 is 35.4 Å². The van der Waals surface area contributed by atoms with Crippen LogP contribution in [-0.4, -0.2) is 86.0 Å². The molecule has 4 aromatic carbocycles. The van der Waals surface area contributed by atoms with Gasteiger partial charge in [-0.25, -0.2) is 0 Å². The normalized spacial score (nSPS) is 14.8. The Bertz CT molecular complexity index is 1850. The topological polar surface area (TPSA) is 149 Å². The monoisotopic (exact) mass is 717 g/mol. The van der Waals surface area contributed by atoms with E-state index in [1.807, 2.05) is 72.8 Å². The summed E-state index contributed by atoms with van der Waals surface area (Å²) in [5.41, 5.74) is 3.78. The van der Waals surface area contributed by atoms with E-state index in [4.69, 9.17) is 24.5 Å². The molecule has 0 spiro atoms. The van der Waals surface area contributed by atoms with Crippen LogP contribution in [-0.2, 0) is 16.0 Å². The number of phenols is 1. The van der Waals surface area contributed by atoms with E-state index < -0.39 is 0 Å². The minimum atomic E-state index is -0.129. The molecule has 4 N–H and O–H groups in total. The van der Waals surface area contributed by atoms with E-state index >= 15 is 0 Å². The molecule has 0 saturated heterocycles. The van der Waals surface area contributed by atoms with Gasteiger partial charge in [-0.05, 0) is 72.6 Å². The molecule has 0 fully saturated rings. The highest BCUT2D eigenvalue weighted by Gasteiger charge is 2.23. The number of aromatic hydroxyl groups is 1. The van der Waals surface area contributed by atoms with E-state index in [9.17, 15) is 14.7 Å². The Hall–Kier alpha value is -5.85. The van der Waals surface area contributed by atoms with Gasteiger partial charge in [0.05, 0.1) is 33.0 Å². The van der Waals surface area contributed by atoms with Crippen molar-refractivity contribution in [2.24, 2.45) is 20.9 Å². The van der Waals surface area contributed by atoms with Gasteiger partial charge in [-0.1, -0.05) is 55.5 Å². The van der Waals surface area contributed by atoms with Gasteiger partial charge in [-0.3, -0.25) is 14.6 Å². The van der Waals surface area contributed by atoms with Gasteiger partial charge >= 0.3 is 0 Å². The van der Waals surface area contributed by atoms with Crippen LogP contribution in [0.15, 0.2) is 124 Å². The van der Waals surface area contributed by atoms with Gasteiger partial charge in [0.1, 0.15) is 17.4 Å². The van der Waals surface area contributed by atoms with Crippen LogP contribution >= 0.6 is 0 Å². The molecule has 0 saturated carbocycles. The highest BCUT2D eigenvalue weighted by molar-refractivity contribution is 6.14. The first-order chi connectivity index (χ1) is 25.9. The molecule has 0 bridgehead atoms. The third-order valence-corrected chi connectivity index (χ3v) is 8.38. The standard InChI is InChI=1S/C41H47N7O5/c1-3-31-28-37(42-22-24-52-26-27-53-25-23-43-39(50)32-12-8-5-9-13-32)46-41(45-35-18-20-36(49)21-19-35)47-38(31)44-34-16-14-33(15-17-34)40(51)48(2)29-30-10-6-4-7-11-30/h4-21,31,49H,3,22-29H2,1-2H3,(H,43,50)(H2,42,44,45,46,47). The molecule has 1 atom stereocenters. The Morgan fingerprint density at radius 3 is 2.13 bits per heavy atom. The van der Waals surface area contributed by atoms with Gasteiger partial charge in [0.25, 0.3) is 11.8 Å². The minimum Gasteiger partial charge on any atom is -0.508 e. The van der Waals surface area contributed by atoms with Crippen LogP contribution in [0.3, 0.4) is 0 Å². The molecule has 53 heavy (non-hydrogen) atoms. The smallest absolute Gasteiger partial charge is 0.253 e. The molecular weight excluding hydrogens is 670 g/mol. The first-order valence-electron chi connectivity index (χ1n) is 17.8. The largest absolute Gasteiger partial charge is 0.508 e. The van der Waals surface area contributed by atoms with Crippen molar-refractivity contribution in [3.63, 3.8) is 0 Å². The second-order valence-electron chi connectivity index (χ2n) is 12.4. The summed E-state index contributed by atoms with van der Waals surface area (Å²) in [6.45, 7) is 5.02. The Labute approximate surface area is 310 Å². The molecular formula is C41H47N7O5. The molecule has 0 radical (unpaired) electrons. The van der Waals surface area contributed by atoms with Crippen molar-refractivity contribution in [3.8, 4) is 5.75 Å². The molecule has 1 unspecified atom stereocenters. The number of nitrogens with one attached hydrogen (secondary N) is 3. The molecule has 0 aromatic heterocycles. The third-order valence-electron chi connectivity index (χ3n) is 8.38. The van der Waals surface area contributed by atoms with Crippen molar-refractivity contribution in [3.05, 3.63) is 126 Å². The zero-order valence-electron chi connectivity index (χ0n) is 30.2. The number of hydrogen-bond acceptors (Lipinski definition) is 9. The number of guanidine groups is 1. The van der Waals surface area contributed by atoms with E-state index in [-0.39, 0.29) is 23.5 Å². The zero-order valence-corrected chi connectivity index (χ0v) is 30.2. The fourth-order valence-electron chi connectivity index (χ4n) is 5.50. The molecule has 1 heterocycles. The van der Waals surface area contributed by atoms with Gasteiger partial charge in [-0.15, -0.1) is 0 Å². The SMILES string of the molecule is CCC1CC(=NCCOCCOCCNC(=O)c2ccccc2)N=C(Nc2ccc(O)cc2)N=C1Nc1ccc(C(=O)N(C)Cc2ccccc2)cc1. The predicted molar refractivity (Wildman–Crippen MR) is 210 cm³/mol. The molecule has 1 aliphatic rings.